The molecule has 0 spiro atoms. The summed E-state index contributed by atoms with van der Waals surface area (Å²) in [7, 11) is 0. The fourth-order valence-corrected chi connectivity index (χ4v) is 2.09. The Balaban J connectivity index is 2.21. The molecule has 0 bridgehead atoms. The maximum absolute atomic E-state index is 10.1. The second-order valence-electron chi connectivity index (χ2n) is 3.89. The fraction of sp³-hybridized carbons (Fsp3) is 0.700. The van der Waals surface area contributed by atoms with Gasteiger partial charge in [-0.2, -0.15) is 0 Å². The molecule has 2 atom stereocenters. The normalized spacial score (nSPS) is 24.1. The standard InChI is InChI=1S/C10H16N2O2/c1-6-9(7(2)14-12-6)10(13)8-4-3-5-11-8/h8,10-11,13H,3-5H2,1-2H3. The van der Waals surface area contributed by atoms with Crippen molar-refractivity contribution in [2.45, 2.75) is 38.8 Å². The molecule has 2 heterocycles. The topological polar surface area (TPSA) is 58.3 Å². The van der Waals surface area contributed by atoms with Crippen LogP contribution in [-0.4, -0.2) is 22.8 Å². The van der Waals surface area contributed by atoms with Crippen molar-refractivity contribution in [3.8, 4) is 0 Å². The van der Waals surface area contributed by atoms with Crippen molar-refractivity contribution in [1.29, 1.82) is 0 Å². The lowest BCUT2D eigenvalue weighted by molar-refractivity contribution is 0.135. The van der Waals surface area contributed by atoms with Crippen LogP contribution in [0.3, 0.4) is 0 Å². The summed E-state index contributed by atoms with van der Waals surface area (Å²) in [5, 5.41) is 17.2. The van der Waals surface area contributed by atoms with E-state index < -0.39 is 6.10 Å². The molecular weight excluding hydrogens is 180 g/mol. The van der Waals surface area contributed by atoms with Gasteiger partial charge in [0.1, 0.15) is 5.76 Å². The molecule has 0 saturated carbocycles. The van der Waals surface area contributed by atoms with Gasteiger partial charge in [-0.3, -0.25) is 0 Å². The molecule has 4 nitrogen and oxygen atoms in total. The number of aliphatic hydroxyl groups is 1. The van der Waals surface area contributed by atoms with Crippen molar-refractivity contribution < 1.29 is 9.63 Å². The van der Waals surface area contributed by atoms with Crippen LogP contribution in [0.15, 0.2) is 4.52 Å². The molecule has 1 aliphatic heterocycles. The molecule has 1 aromatic heterocycles. The van der Waals surface area contributed by atoms with Crippen LogP contribution in [0.1, 0.15) is 36.0 Å². The lowest BCUT2D eigenvalue weighted by atomic mass is 10.00. The van der Waals surface area contributed by atoms with E-state index in [9.17, 15) is 5.11 Å². The summed E-state index contributed by atoms with van der Waals surface area (Å²) in [4.78, 5) is 0. The van der Waals surface area contributed by atoms with Crippen LogP contribution in [0.5, 0.6) is 0 Å². The lowest BCUT2D eigenvalue weighted by Crippen LogP contribution is -2.29. The predicted molar refractivity (Wildman–Crippen MR) is 52.0 cm³/mol. The summed E-state index contributed by atoms with van der Waals surface area (Å²) in [5.74, 6) is 0.726. The highest BCUT2D eigenvalue weighted by Gasteiger charge is 2.28. The Morgan fingerprint density at radius 1 is 1.57 bits per heavy atom. The molecule has 2 rings (SSSR count). The van der Waals surface area contributed by atoms with Gasteiger partial charge in [0.15, 0.2) is 0 Å². The Kier molecular flexibility index (Phi) is 2.56. The Bertz CT molecular complexity index is 296. The third-order valence-electron chi connectivity index (χ3n) is 2.86. The minimum atomic E-state index is -0.483. The number of nitrogens with zero attached hydrogens (tertiary/aromatic N) is 1. The van der Waals surface area contributed by atoms with Crippen LogP contribution in [0.25, 0.3) is 0 Å². The smallest absolute Gasteiger partial charge is 0.139 e. The first-order valence-electron chi connectivity index (χ1n) is 5.04. The van der Waals surface area contributed by atoms with Crippen molar-refractivity contribution >= 4 is 0 Å². The first kappa shape index (κ1) is 9.68. The minimum Gasteiger partial charge on any atom is -0.387 e. The Morgan fingerprint density at radius 3 is 2.86 bits per heavy atom. The Labute approximate surface area is 83.3 Å². The summed E-state index contributed by atoms with van der Waals surface area (Å²) >= 11 is 0. The molecule has 1 saturated heterocycles. The molecule has 78 valence electrons. The van der Waals surface area contributed by atoms with Crippen molar-refractivity contribution in [1.82, 2.24) is 10.5 Å². The van der Waals surface area contributed by atoms with E-state index in [1.807, 2.05) is 13.8 Å². The summed E-state index contributed by atoms with van der Waals surface area (Å²) in [5.41, 5.74) is 1.65. The third kappa shape index (κ3) is 1.55. The molecule has 0 aliphatic carbocycles. The van der Waals surface area contributed by atoms with Gasteiger partial charge < -0.3 is 14.9 Å². The first-order chi connectivity index (χ1) is 6.70. The molecule has 1 aliphatic rings. The van der Waals surface area contributed by atoms with E-state index in [4.69, 9.17) is 4.52 Å². The number of aryl methyl sites for hydroxylation is 2. The van der Waals surface area contributed by atoms with Gasteiger partial charge in [0, 0.05) is 11.6 Å². The third-order valence-corrected chi connectivity index (χ3v) is 2.86. The summed E-state index contributed by atoms with van der Waals surface area (Å²) in [6, 6.07) is 0.159. The lowest BCUT2D eigenvalue weighted by Gasteiger charge is -2.17. The van der Waals surface area contributed by atoms with Gasteiger partial charge in [-0.1, -0.05) is 5.16 Å². The van der Waals surface area contributed by atoms with E-state index in [1.165, 1.54) is 0 Å². The molecule has 14 heavy (non-hydrogen) atoms. The maximum Gasteiger partial charge on any atom is 0.139 e. The predicted octanol–water partition coefficient (Wildman–Crippen LogP) is 1.08. The number of rotatable bonds is 2. The zero-order valence-electron chi connectivity index (χ0n) is 8.58. The van der Waals surface area contributed by atoms with Crippen molar-refractivity contribution in [2.75, 3.05) is 6.54 Å². The second-order valence-corrected chi connectivity index (χ2v) is 3.89. The number of aliphatic hydroxyl groups excluding tert-OH is 1. The molecule has 1 aromatic rings. The number of hydrogen-bond acceptors (Lipinski definition) is 4. The molecule has 4 heteroatoms. The van der Waals surface area contributed by atoms with Crippen molar-refractivity contribution in [3.63, 3.8) is 0 Å². The molecule has 1 fully saturated rings. The van der Waals surface area contributed by atoms with Crippen LogP contribution in [0.4, 0.5) is 0 Å². The average Bonchev–Trinajstić information content (AvgIpc) is 2.75. The summed E-state index contributed by atoms with van der Waals surface area (Å²) in [6.07, 6.45) is 1.67. The summed E-state index contributed by atoms with van der Waals surface area (Å²) in [6.45, 7) is 4.70. The molecule has 0 amide bonds. The van der Waals surface area contributed by atoms with Gasteiger partial charge in [-0.25, -0.2) is 0 Å². The SMILES string of the molecule is Cc1noc(C)c1C(O)C1CCCN1. The molecule has 0 aromatic carbocycles. The number of hydrogen-bond donors (Lipinski definition) is 2. The first-order valence-corrected chi connectivity index (χ1v) is 5.04. The average molecular weight is 196 g/mol. The van der Waals surface area contributed by atoms with Gasteiger partial charge in [0.05, 0.1) is 11.8 Å². The van der Waals surface area contributed by atoms with Crippen molar-refractivity contribution in [3.05, 3.63) is 17.0 Å². The van der Waals surface area contributed by atoms with E-state index in [0.29, 0.717) is 0 Å². The van der Waals surface area contributed by atoms with Crippen LogP contribution < -0.4 is 5.32 Å². The van der Waals surface area contributed by atoms with Gasteiger partial charge in [0.25, 0.3) is 0 Å². The Hall–Kier alpha value is -0.870. The van der Waals surface area contributed by atoms with E-state index in [-0.39, 0.29) is 6.04 Å². The van der Waals surface area contributed by atoms with Crippen LogP contribution in [-0.2, 0) is 0 Å². The largest absolute Gasteiger partial charge is 0.387 e. The fourth-order valence-electron chi connectivity index (χ4n) is 2.09. The molecule has 2 unspecified atom stereocenters. The van der Waals surface area contributed by atoms with E-state index in [1.54, 1.807) is 0 Å². The molecule has 2 N–H and O–H groups in total. The van der Waals surface area contributed by atoms with Crippen LogP contribution in [0.2, 0.25) is 0 Å². The van der Waals surface area contributed by atoms with Gasteiger partial charge in [-0.15, -0.1) is 0 Å². The summed E-state index contributed by atoms with van der Waals surface area (Å²) < 4.78 is 5.04. The van der Waals surface area contributed by atoms with E-state index >= 15 is 0 Å². The molecule has 0 radical (unpaired) electrons. The van der Waals surface area contributed by atoms with E-state index in [2.05, 4.69) is 10.5 Å². The minimum absolute atomic E-state index is 0.159. The zero-order valence-corrected chi connectivity index (χ0v) is 8.58. The monoisotopic (exact) mass is 196 g/mol. The highest BCUT2D eigenvalue weighted by atomic mass is 16.5. The zero-order chi connectivity index (χ0) is 10.1. The highest BCUT2D eigenvalue weighted by Crippen LogP contribution is 2.27. The van der Waals surface area contributed by atoms with E-state index in [0.717, 1.165) is 36.4 Å². The van der Waals surface area contributed by atoms with Gasteiger partial charge in [-0.05, 0) is 33.2 Å². The van der Waals surface area contributed by atoms with Crippen LogP contribution in [0, 0.1) is 13.8 Å². The quantitative estimate of drug-likeness (QED) is 0.743. The Morgan fingerprint density at radius 2 is 2.36 bits per heavy atom. The molecular formula is C10H16N2O2. The maximum atomic E-state index is 10.1. The van der Waals surface area contributed by atoms with Crippen molar-refractivity contribution in [2.24, 2.45) is 0 Å². The van der Waals surface area contributed by atoms with Gasteiger partial charge >= 0.3 is 0 Å². The van der Waals surface area contributed by atoms with Crippen LogP contribution >= 0.6 is 0 Å². The second kappa shape index (κ2) is 3.71. The number of nitrogens with one attached hydrogen (secondary N) is 1. The van der Waals surface area contributed by atoms with Gasteiger partial charge in [0.2, 0.25) is 0 Å². The number of aromatic nitrogens is 1. The highest BCUT2D eigenvalue weighted by molar-refractivity contribution is 5.25.